The molecule has 1 aliphatic heterocycles. The molecule has 2 aromatic rings. The molecule has 1 aliphatic rings. The van der Waals surface area contributed by atoms with Crippen LogP contribution in [0.2, 0.25) is 5.02 Å². The number of alkyl halides is 3. The van der Waals surface area contributed by atoms with Crippen molar-refractivity contribution in [3.8, 4) is 0 Å². The summed E-state index contributed by atoms with van der Waals surface area (Å²) >= 11 is 5.88. The van der Waals surface area contributed by atoms with E-state index in [1.807, 2.05) is 24.3 Å². The number of amides is 1. The van der Waals surface area contributed by atoms with Gasteiger partial charge in [0.15, 0.2) is 0 Å². The van der Waals surface area contributed by atoms with Crippen LogP contribution in [-0.2, 0) is 12.6 Å². The van der Waals surface area contributed by atoms with Crippen molar-refractivity contribution in [3.63, 3.8) is 0 Å². The van der Waals surface area contributed by atoms with Crippen LogP contribution < -0.4 is 0 Å². The first-order valence-electron chi connectivity index (χ1n) is 8.76. The number of halogens is 5. The third-order valence-corrected chi connectivity index (χ3v) is 4.98. The lowest BCUT2D eigenvalue weighted by atomic mass is 10.1. The molecule has 0 bridgehead atoms. The van der Waals surface area contributed by atoms with Gasteiger partial charge in [-0.15, -0.1) is 12.4 Å². The molecule has 28 heavy (non-hydrogen) atoms. The topological polar surface area (TPSA) is 23.6 Å². The van der Waals surface area contributed by atoms with Crippen LogP contribution in [0.1, 0.15) is 21.5 Å². The van der Waals surface area contributed by atoms with E-state index in [-0.39, 0.29) is 23.9 Å². The van der Waals surface area contributed by atoms with Gasteiger partial charge in [0.1, 0.15) is 0 Å². The van der Waals surface area contributed by atoms with Crippen molar-refractivity contribution in [3.05, 3.63) is 70.2 Å². The Morgan fingerprint density at radius 1 is 1.00 bits per heavy atom. The van der Waals surface area contributed by atoms with Gasteiger partial charge in [-0.25, -0.2) is 0 Å². The van der Waals surface area contributed by atoms with E-state index in [1.54, 1.807) is 4.90 Å². The van der Waals surface area contributed by atoms with Crippen LogP contribution in [0.5, 0.6) is 0 Å². The Kier molecular flexibility index (Phi) is 7.75. The quantitative estimate of drug-likeness (QED) is 0.693. The number of hydrogen-bond acceptors (Lipinski definition) is 2. The van der Waals surface area contributed by atoms with Crippen LogP contribution >= 0.6 is 24.0 Å². The summed E-state index contributed by atoms with van der Waals surface area (Å²) < 4.78 is 38.5. The molecule has 152 valence electrons. The highest BCUT2D eigenvalue weighted by atomic mass is 35.5. The minimum absolute atomic E-state index is 0. The van der Waals surface area contributed by atoms with E-state index in [0.29, 0.717) is 31.2 Å². The van der Waals surface area contributed by atoms with E-state index in [4.69, 9.17) is 11.6 Å². The van der Waals surface area contributed by atoms with Gasteiger partial charge in [0.05, 0.1) is 5.56 Å². The summed E-state index contributed by atoms with van der Waals surface area (Å²) in [5.41, 5.74) is 0.483. The Morgan fingerprint density at radius 3 is 2.25 bits per heavy atom. The zero-order valence-electron chi connectivity index (χ0n) is 15.1. The Bertz CT molecular complexity index is 789. The highest BCUT2D eigenvalue weighted by Crippen LogP contribution is 2.29. The van der Waals surface area contributed by atoms with E-state index in [1.165, 1.54) is 17.7 Å². The first-order chi connectivity index (χ1) is 12.8. The van der Waals surface area contributed by atoms with Crippen molar-refractivity contribution in [2.75, 3.05) is 32.7 Å². The summed E-state index contributed by atoms with van der Waals surface area (Å²) in [5, 5.41) is 0.709. The average molecular weight is 433 g/mol. The molecule has 0 atom stereocenters. The summed E-state index contributed by atoms with van der Waals surface area (Å²) in [5.74, 6) is -0.349. The summed E-state index contributed by atoms with van der Waals surface area (Å²) in [6, 6.07) is 12.3. The molecular formula is C20H21Cl2F3N2O. The second-order valence-corrected chi connectivity index (χ2v) is 7.03. The lowest BCUT2D eigenvalue weighted by Gasteiger charge is -2.34. The Morgan fingerprint density at radius 2 is 1.64 bits per heavy atom. The van der Waals surface area contributed by atoms with E-state index < -0.39 is 11.7 Å². The van der Waals surface area contributed by atoms with Crippen molar-refractivity contribution in [2.45, 2.75) is 12.6 Å². The summed E-state index contributed by atoms with van der Waals surface area (Å²) in [6.07, 6.45) is -3.56. The molecule has 1 fully saturated rings. The van der Waals surface area contributed by atoms with Gasteiger partial charge >= 0.3 is 6.18 Å². The largest absolute Gasteiger partial charge is 0.416 e. The molecule has 1 amide bonds. The smallest absolute Gasteiger partial charge is 0.336 e. The van der Waals surface area contributed by atoms with E-state index in [9.17, 15) is 18.0 Å². The molecule has 0 aliphatic carbocycles. The second kappa shape index (κ2) is 9.63. The van der Waals surface area contributed by atoms with Gasteiger partial charge in [-0.1, -0.05) is 29.8 Å². The SMILES string of the molecule is Cl.O=C(c1cccc(C(F)(F)F)c1)N1CCN(CCc2ccc(Cl)cc2)CC1. The van der Waals surface area contributed by atoms with Crippen molar-refractivity contribution in [2.24, 2.45) is 0 Å². The van der Waals surface area contributed by atoms with E-state index >= 15 is 0 Å². The van der Waals surface area contributed by atoms with Gasteiger partial charge in [0, 0.05) is 43.3 Å². The molecule has 1 heterocycles. The first-order valence-corrected chi connectivity index (χ1v) is 9.14. The fourth-order valence-corrected chi connectivity index (χ4v) is 3.25. The monoisotopic (exact) mass is 432 g/mol. The number of nitrogens with zero attached hydrogens (tertiary/aromatic N) is 2. The fraction of sp³-hybridized carbons (Fsp3) is 0.350. The molecule has 0 saturated carbocycles. The van der Waals surface area contributed by atoms with Gasteiger partial charge < -0.3 is 4.90 Å². The van der Waals surface area contributed by atoms with Gasteiger partial charge in [-0.05, 0) is 42.3 Å². The maximum Gasteiger partial charge on any atom is 0.416 e. The van der Waals surface area contributed by atoms with Crippen LogP contribution in [0.3, 0.4) is 0 Å². The second-order valence-electron chi connectivity index (χ2n) is 6.59. The lowest BCUT2D eigenvalue weighted by Crippen LogP contribution is -2.49. The van der Waals surface area contributed by atoms with Crippen LogP contribution in [0.4, 0.5) is 13.2 Å². The number of piperazine rings is 1. The van der Waals surface area contributed by atoms with E-state index in [2.05, 4.69) is 4.90 Å². The maximum absolute atomic E-state index is 12.8. The normalized spacial score (nSPS) is 15.2. The van der Waals surface area contributed by atoms with Crippen molar-refractivity contribution in [1.29, 1.82) is 0 Å². The molecule has 3 nitrogen and oxygen atoms in total. The fourth-order valence-electron chi connectivity index (χ4n) is 3.12. The third kappa shape index (κ3) is 5.87. The average Bonchev–Trinajstić information content (AvgIpc) is 2.67. The number of hydrogen-bond donors (Lipinski definition) is 0. The summed E-state index contributed by atoms with van der Waals surface area (Å²) in [6.45, 7) is 3.30. The van der Waals surface area contributed by atoms with Gasteiger partial charge in [0.2, 0.25) is 0 Å². The number of benzene rings is 2. The van der Waals surface area contributed by atoms with Gasteiger partial charge in [-0.3, -0.25) is 9.69 Å². The van der Waals surface area contributed by atoms with Gasteiger partial charge in [0.25, 0.3) is 5.91 Å². The van der Waals surface area contributed by atoms with Crippen LogP contribution in [0.25, 0.3) is 0 Å². The molecule has 0 N–H and O–H groups in total. The number of rotatable bonds is 4. The molecule has 0 aromatic heterocycles. The van der Waals surface area contributed by atoms with E-state index in [0.717, 1.165) is 25.1 Å². The maximum atomic E-state index is 12.8. The lowest BCUT2D eigenvalue weighted by molar-refractivity contribution is -0.137. The molecule has 0 unspecified atom stereocenters. The number of carbonyl (C=O) groups is 1. The minimum Gasteiger partial charge on any atom is -0.336 e. The molecule has 2 aromatic carbocycles. The molecular weight excluding hydrogens is 412 g/mol. The van der Waals surface area contributed by atoms with Crippen LogP contribution in [-0.4, -0.2) is 48.4 Å². The molecule has 0 radical (unpaired) electrons. The molecule has 1 saturated heterocycles. The first kappa shape index (κ1) is 22.5. The van der Waals surface area contributed by atoms with Crippen LogP contribution in [0.15, 0.2) is 48.5 Å². The zero-order chi connectivity index (χ0) is 19.4. The third-order valence-electron chi connectivity index (χ3n) is 4.73. The highest BCUT2D eigenvalue weighted by Gasteiger charge is 2.31. The molecule has 8 heteroatoms. The summed E-state index contributed by atoms with van der Waals surface area (Å²) in [7, 11) is 0. The Hall–Kier alpha value is -1.76. The predicted octanol–water partition coefficient (Wildman–Crippen LogP) is 4.78. The van der Waals surface area contributed by atoms with Crippen LogP contribution in [0, 0.1) is 0 Å². The standard InChI is InChI=1S/C20H20ClF3N2O.ClH/c21-18-6-4-15(5-7-18)8-9-25-10-12-26(13-11-25)19(27)16-2-1-3-17(14-16)20(22,23)24;/h1-7,14H,8-13H2;1H. The Balaban J connectivity index is 0.00000280. The summed E-state index contributed by atoms with van der Waals surface area (Å²) in [4.78, 5) is 16.4. The highest BCUT2D eigenvalue weighted by molar-refractivity contribution is 6.30. The van der Waals surface area contributed by atoms with Crippen molar-refractivity contribution in [1.82, 2.24) is 9.80 Å². The van der Waals surface area contributed by atoms with Gasteiger partial charge in [-0.2, -0.15) is 13.2 Å². The van der Waals surface area contributed by atoms with Crippen molar-refractivity contribution < 1.29 is 18.0 Å². The minimum atomic E-state index is -4.45. The predicted molar refractivity (Wildman–Crippen MR) is 106 cm³/mol. The van der Waals surface area contributed by atoms with Crippen molar-refractivity contribution >= 4 is 29.9 Å². The molecule has 3 rings (SSSR count). The zero-order valence-corrected chi connectivity index (χ0v) is 16.7. The molecule has 0 spiro atoms. The number of carbonyl (C=O) groups excluding carboxylic acids is 1. The Labute approximate surface area is 173 Å².